The van der Waals surface area contributed by atoms with Gasteiger partial charge in [0.15, 0.2) is 0 Å². The summed E-state index contributed by atoms with van der Waals surface area (Å²) < 4.78 is 5.74. The molecule has 5 nitrogen and oxygen atoms in total. The highest BCUT2D eigenvalue weighted by Crippen LogP contribution is 2.17. The second-order valence-electron chi connectivity index (χ2n) is 6.63. The zero-order valence-electron chi connectivity index (χ0n) is 16.6. The molecular formula is C19H35Cl2N3O2. The number of halogens is 2. The SMILES string of the molecule is CCN(CC)CCOc1ccc(C(=O)NC(C)(CN)C(C)C)cc1.Cl.Cl. The number of hydrogen-bond donors (Lipinski definition) is 2. The zero-order valence-corrected chi connectivity index (χ0v) is 18.2. The van der Waals surface area contributed by atoms with Gasteiger partial charge >= 0.3 is 0 Å². The normalized spacial score (nSPS) is 12.8. The third kappa shape index (κ3) is 8.12. The molecule has 26 heavy (non-hydrogen) atoms. The Morgan fingerprint density at radius 3 is 2.15 bits per heavy atom. The van der Waals surface area contributed by atoms with Crippen molar-refractivity contribution in [1.82, 2.24) is 10.2 Å². The van der Waals surface area contributed by atoms with E-state index in [0.717, 1.165) is 25.4 Å². The molecule has 3 N–H and O–H groups in total. The molecule has 1 atom stereocenters. The molecular weight excluding hydrogens is 373 g/mol. The molecule has 152 valence electrons. The molecule has 0 spiro atoms. The Balaban J connectivity index is 0. The van der Waals surface area contributed by atoms with Gasteiger partial charge < -0.3 is 20.7 Å². The minimum absolute atomic E-state index is 0. The standard InChI is InChI=1S/C19H33N3O2.2ClH/c1-6-22(7-2)12-13-24-17-10-8-16(9-11-17)18(23)21-19(5,14-20)15(3)4;;/h8-11,15H,6-7,12-14,20H2,1-5H3,(H,21,23);2*1H. The van der Waals surface area contributed by atoms with Crippen molar-refractivity contribution < 1.29 is 9.53 Å². The van der Waals surface area contributed by atoms with E-state index in [1.165, 1.54) is 0 Å². The van der Waals surface area contributed by atoms with Crippen LogP contribution in [0.3, 0.4) is 0 Å². The Kier molecular flexibility index (Phi) is 13.8. The Labute approximate surface area is 170 Å². The van der Waals surface area contributed by atoms with Crippen LogP contribution in [-0.2, 0) is 0 Å². The first-order chi connectivity index (χ1) is 11.4. The number of carbonyl (C=O) groups is 1. The number of nitrogens with two attached hydrogens (primary N) is 1. The third-order valence-electron chi connectivity index (χ3n) is 4.78. The van der Waals surface area contributed by atoms with E-state index in [-0.39, 0.29) is 36.6 Å². The first kappa shape index (κ1) is 27.2. The maximum Gasteiger partial charge on any atom is 0.251 e. The fourth-order valence-corrected chi connectivity index (χ4v) is 2.30. The third-order valence-corrected chi connectivity index (χ3v) is 4.78. The van der Waals surface area contributed by atoms with Crippen LogP contribution in [-0.4, -0.2) is 49.1 Å². The zero-order chi connectivity index (χ0) is 18.2. The number of nitrogens with zero attached hydrogens (tertiary/aromatic N) is 1. The molecule has 0 saturated carbocycles. The molecule has 1 amide bonds. The fourth-order valence-electron chi connectivity index (χ4n) is 2.30. The van der Waals surface area contributed by atoms with Crippen LogP contribution in [0.5, 0.6) is 5.75 Å². The van der Waals surface area contributed by atoms with Gasteiger partial charge in [0.1, 0.15) is 12.4 Å². The highest BCUT2D eigenvalue weighted by Gasteiger charge is 2.28. The molecule has 0 saturated heterocycles. The van der Waals surface area contributed by atoms with Crippen LogP contribution in [0.15, 0.2) is 24.3 Å². The van der Waals surface area contributed by atoms with Crippen molar-refractivity contribution in [3.8, 4) is 5.75 Å². The average molecular weight is 408 g/mol. The van der Waals surface area contributed by atoms with E-state index in [0.29, 0.717) is 18.7 Å². The molecule has 1 rings (SSSR count). The van der Waals surface area contributed by atoms with Gasteiger partial charge in [-0.25, -0.2) is 0 Å². The second kappa shape index (κ2) is 13.2. The summed E-state index contributed by atoms with van der Waals surface area (Å²) in [7, 11) is 0. The molecule has 1 unspecified atom stereocenters. The molecule has 0 heterocycles. The lowest BCUT2D eigenvalue weighted by Crippen LogP contribution is -2.55. The van der Waals surface area contributed by atoms with Crippen molar-refractivity contribution in [2.24, 2.45) is 11.7 Å². The van der Waals surface area contributed by atoms with Gasteiger partial charge in [0.2, 0.25) is 0 Å². The molecule has 0 fully saturated rings. The van der Waals surface area contributed by atoms with Crippen LogP contribution in [0, 0.1) is 5.92 Å². The summed E-state index contributed by atoms with van der Waals surface area (Å²) in [5, 5.41) is 3.04. The number of rotatable bonds is 10. The summed E-state index contributed by atoms with van der Waals surface area (Å²) in [6, 6.07) is 7.26. The fraction of sp³-hybridized carbons (Fsp3) is 0.632. The van der Waals surface area contributed by atoms with Crippen molar-refractivity contribution in [1.29, 1.82) is 0 Å². The Hall–Kier alpha value is -1.01. The quantitative estimate of drug-likeness (QED) is 0.623. The predicted octanol–water partition coefficient (Wildman–Crippen LogP) is 3.35. The number of benzene rings is 1. The van der Waals surface area contributed by atoms with Crippen molar-refractivity contribution >= 4 is 30.7 Å². The van der Waals surface area contributed by atoms with Crippen LogP contribution in [0.2, 0.25) is 0 Å². The van der Waals surface area contributed by atoms with Crippen LogP contribution < -0.4 is 15.8 Å². The smallest absolute Gasteiger partial charge is 0.251 e. The van der Waals surface area contributed by atoms with Gasteiger partial charge in [-0.1, -0.05) is 27.7 Å². The van der Waals surface area contributed by atoms with E-state index < -0.39 is 5.54 Å². The number of ether oxygens (including phenoxy) is 1. The van der Waals surface area contributed by atoms with Crippen molar-refractivity contribution in [2.45, 2.75) is 40.2 Å². The molecule has 0 aliphatic rings. The lowest BCUT2D eigenvalue weighted by Gasteiger charge is -2.33. The highest BCUT2D eigenvalue weighted by atomic mass is 35.5. The molecule has 1 aromatic rings. The number of carbonyl (C=O) groups excluding carboxylic acids is 1. The Bertz CT molecular complexity index is 508. The first-order valence-electron chi connectivity index (χ1n) is 8.84. The highest BCUT2D eigenvalue weighted by molar-refractivity contribution is 5.94. The topological polar surface area (TPSA) is 67.6 Å². The molecule has 0 radical (unpaired) electrons. The summed E-state index contributed by atoms with van der Waals surface area (Å²) in [4.78, 5) is 14.7. The lowest BCUT2D eigenvalue weighted by molar-refractivity contribution is 0.0883. The average Bonchev–Trinajstić information content (AvgIpc) is 2.59. The van der Waals surface area contributed by atoms with Crippen molar-refractivity contribution in [2.75, 3.05) is 32.8 Å². The van der Waals surface area contributed by atoms with E-state index in [1.807, 2.05) is 19.1 Å². The summed E-state index contributed by atoms with van der Waals surface area (Å²) >= 11 is 0. The first-order valence-corrected chi connectivity index (χ1v) is 8.84. The minimum atomic E-state index is -0.407. The van der Waals surface area contributed by atoms with E-state index in [1.54, 1.807) is 12.1 Å². The van der Waals surface area contributed by atoms with Gasteiger partial charge in [-0.15, -0.1) is 24.8 Å². The van der Waals surface area contributed by atoms with Crippen LogP contribution in [0.25, 0.3) is 0 Å². The van der Waals surface area contributed by atoms with Crippen LogP contribution in [0.1, 0.15) is 45.0 Å². The monoisotopic (exact) mass is 407 g/mol. The molecule has 0 aliphatic heterocycles. The van der Waals surface area contributed by atoms with E-state index in [2.05, 4.69) is 37.9 Å². The predicted molar refractivity (Wildman–Crippen MR) is 114 cm³/mol. The number of amides is 1. The molecule has 0 aromatic heterocycles. The van der Waals surface area contributed by atoms with Gasteiger partial charge in [-0.3, -0.25) is 4.79 Å². The van der Waals surface area contributed by atoms with E-state index in [4.69, 9.17) is 10.5 Å². The molecule has 0 aliphatic carbocycles. The number of likely N-dealkylation sites (N-methyl/N-ethyl adjacent to an activating group) is 1. The van der Waals surface area contributed by atoms with Crippen LogP contribution >= 0.6 is 24.8 Å². The number of hydrogen-bond acceptors (Lipinski definition) is 4. The van der Waals surface area contributed by atoms with Gasteiger partial charge in [0, 0.05) is 18.7 Å². The number of nitrogens with one attached hydrogen (secondary N) is 1. The molecule has 0 bridgehead atoms. The van der Waals surface area contributed by atoms with E-state index >= 15 is 0 Å². The lowest BCUT2D eigenvalue weighted by atomic mass is 9.88. The maximum absolute atomic E-state index is 12.4. The summed E-state index contributed by atoms with van der Waals surface area (Å²) in [5.74, 6) is 0.935. The van der Waals surface area contributed by atoms with Crippen LogP contribution in [0.4, 0.5) is 0 Å². The summed E-state index contributed by atoms with van der Waals surface area (Å²) in [6.07, 6.45) is 0. The largest absolute Gasteiger partial charge is 0.492 e. The van der Waals surface area contributed by atoms with Gasteiger partial charge in [-0.2, -0.15) is 0 Å². The van der Waals surface area contributed by atoms with Gasteiger partial charge in [-0.05, 0) is 50.2 Å². The van der Waals surface area contributed by atoms with Crippen molar-refractivity contribution in [3.05, 3.63) is 29.8 Å². The van der Waals surface area contributed by atoms with Gasteiger partial charge in [0.05, 0.1) is 5.54 Å². The summed E-state index contributed by atoms with van der Waals surface area (Å²) in [5.41, 5.74) is 6.03. The minimum Gasteiger partial charge on any atom is -0.492 e. The molecule has 7 heteroatoms. The van der Waals surface area contributed by atoms with Crippen molar-refractivity contribution in [3.63, 3.8) is 0 Å². The van der Waals surface area contributed by atoms with Gasteiger partial charge in [0.25, 0.3) is 5.91 Å². The molecule has 1 aromatic carbocycles. The summed E-state index contributed by atoms with van der Waals surface area (Å²) in [6.45, 7) is 14.4. The maximum atomic E-state index is 12.4. The second-order valence-corrected chi connectivity index (χ2v) is 6.63. The Morgan fingerprint density at radius 1 is 1.19 bits per heavy atom. The van der Waals surface area contributed by atoms with E-state index in [9.17, 15) is 4.79 Å². The Morgan fingerprint density at radius 2 is 1.73 bits per heavy atom.